The van der Waals surface area contributed by atoms with E-state index in [1.807, 2.05) is 18.7 Å². The van der Waals surface area contributed by atoms with Crippen molar-refractivity contribution < 1.29 is 28.6 Å². The highest BCUT2D eigenvalue weighted by atomic mass is 35.5. The molecule has 0 aliphatic carbocycles. The summed E-state index contributed by atoms with van der Waals surface area (Å²) in [7, 11) is 0. The second-order valence-electron chi connectivity index (χ2n) is 7.59. The summed E-state index contributed by atoms with van der Waals surface area (Å²) in [6.07, 6.45) is 0.763. The first-order valence-corrected chi connectivity index (χ1v) is 12.1. The van der Waals surface area contributed by atoms with E-state index in [1.54, 1.807) is 0 Å². The molecule has 1 aliphatic heterocycles. The van der Waals surface area contributed by atoms with Crippen molar-refractivity contribution in [1.29, 1.82) is 0 Å². The van der Waals surface area contributed by atoms with E-state index in [1.165, 1.54) is 6.07 Å². The number of rotatable bonds is 10. The molecule has 2 aromatic rings. The monoisotopic (exact) mass is 515 g/mol. The van der Waals surface area contributed by atoms with Crippen LogP contribution in [0.2, 0.25) is 5.15 Å². The van der Waals surface area contributed by atoms with Crippen molar-refractivity contribution in [2.24, 2.45) is 0 Å². The highest BCUT2D eigenvalue weighted by Gasteiger charge is 2.33. The standard InChI is InChI=1S/C21H27ClFN5O5S/c1-3-12-17(22)27-18(25-12)20(30)26-13-5-8-28(10-14(13)33-4-2)15-9-11(16(34-15)21(31)32)19(29)24-7-6-23/h9,13-14H,3-8,10H2,1-2H3,(H,24,29)(H,25,27)(H,26,30)(H,31,32)/t13-,14+/m1/s1. The summed E-state index contributed by atoms with van der Waals surface area (Å²) in [5.41, 5.74) is 0.673. The molecule has 1 fully saturated rings. The number of nitrogens with zero attached hydrogens (tertiary/aromatic N) is 2. The Morgan fingerprint density at radius 1 is 1.38 bits per heavy atom. The molecule has 0 saturated carbocycles. The van der Waals surface area contributed by atoms with Crippen LogP contribution in [-0.2, 0) is 11.2 Å². The molecule has 2 atom stereocenters. The maximum atomic E-state index is 12.7. The highest BCUT2D eigenvalue weighted by molar-refractivity contribution is 7.18. The zero-order chi connectivity index (χ0) is 24.8. The van der Waals surface area contributed by atoms with Gasteiger partial charge in [0.1, 0.15) is 11.6 Å². The zero-order valence-electron chi connectivity index (χ0n) is 18.8. The average Bonchev–Trinajstić information content (AvgIpc) is 3.43. The molecule has 34 heavy (non-hydrogen) atoms. The minimum atomic E-state index is -1.23. The predicted molar refractivity (Wildman–Crippen MR) is 126 cm³/mol. The van der Waals surface area contributed by atoms with Gasteiger partial charge in [-0.1, -0.05) is 18.5 Å². The van der Waals surface area contributed by atoms with E-state index in [0.717, 1.165) is 11.3 Å². The van der Waals surface area contributed by atoms with Crippen LogP contribution in [-0.4, -0.2) is 77.9 Å². The van der Waals surface area contributed by atoms with Crippen LogP contribution in [0.4, 0.5) is 9.39 Å². The third-order valence-electron chi connectivity index (χ3n) is 5.40. The second-order valence-corrected chi connectivity index (χ2v) is 8.98. The number of anilines is 1. The third kappa shape index (κ3) is 5.86. The van der Waals surface area contributed by atoms with Crippen molar-refractivity contribution in [3.63, 3.8) is 0 Å². The molecule has 0 radical (unpaired) electrons. The van der Waals surface area contributed by atoms with Gasteiger partial charge in [-0.25, -0.2) is 14.2 Å². The lowest BCUT2D eigenvalue weighted by atomic mass is 10.0. The molecule has 2 aromatic heterocycles. The van der Waals surface area contributed by atoms with E-state index in [-0.39, 0.29) is 46.0 Å². The summed E-state index contributed by atoms with van der Waals surface area (Å²) in [5.74, 6) is -2.12. The average molecular weight is 516 g/mol. The molecule has 3 heterocycles. The summed E-state index contributed by atoms with van der Waals surface area (Å²) in [6, 6.07) is 1.20. The molecule has 2 amide bonds. The number of carboxylic acids is 1. The number of aromatic nitrogens is 2. The van der Waals surface area contributed by atoms with Gasteiger partial charge in [-0.2, -0.15) is 0 Å². The normalized spacial score (nSPS) is 18.1. The SMILES string of the molecule is CCO[C@H]1CN(c2cc(C(=O)NCCF)c(C(=O)O)s2)CC[C@H]1NC(=O)c1nc(Cl)c(CC)[nH]1. The predicted octanol–water partition coefficient (Wildman–Crippen LogP) is 2.50. The molecule has 4 N–H and O–H groups in total. The Bertz CT molecular complexity index is 1040. The zero-order valence-corrected chi connectivity index (χ0v) is 20.4. The number of carbonyl (C=O) groups excluding carboxylic acids is 2. The van der Waals surface area contributed by atoms with E-state index >= 15 is 0 Å². The van der Waals surface area contributed by atoms with Crippen LogP contribution >= 0.6 is 22.9 Å². The van der Waals surface area contributed by atoms with E-state index in [4.69, 9.17) is 16.3 Å². The van der Waals surface area contributed by atoms with Crippen LogP contribution in [0.5, 0.6) is 0 Å². The van der Waals surface area contributed by atoms with Gasteiger partial charge in [-0.05, 0) is 25.8 Å². The number of thiophene rings is 1. The lowest BCUT2D eigenvalue weighted by molar-refractivity contribution is 0.0273. The van der Waals surface area contributed by atoms with Gasteiger partial charge < -0.3 is 30.4 Å². The summed E-state index contributed by atoms with van der Waals surface area (Å²) in [5, 5.41) is 15.7. The molecule has 1 saturated heterocycles. The maximum Gasteiger partial charge on any atom is 0.346 e. The minimum absolute atomic E-state index is 0.00855. The number of ether oxygens (including phenoxy) is 1. The fraction of sp³-hybridized carbons (Fsp3) is 0.524. The molecule has 0 aromatic carbocycles. The Hall–Kier alpha value is -2.70. The first-order valence-electron chi connectivity index (χ1n) is 10.9. The first-order chi connectivity index (χ1) is 16.3. The van der Waals surface area contributed by atoms with Gasteiger partial charge >= 0.3 is 5.97 Å². The number of imidazole rings is 1. The van der Waals surface area contributed by atoms with Gasteiger partial charge in [0.05, 0.1) is 28.4 Å². The number of aromatic carboxylic acids is 1. The number of H-pyrrole nitrogens is 1. The minimum Gasteiger partial charge on any atom is -0.477 e. The number of hydrogen-bond donors (Lipinski definition) is 4. The van der Waals surface area contributed by atoms with Gasteiger partial charge in [0, 0.05) is 26.2 Å². The number of aryl methyl sites for hydroxylation is 1. The molecular weight excluding hydrogens is 489 g/mol. The van der Waals surface area contributed by atoms with Crippen LogP contribution in [0.3, 0.4) is 0 Å². The lowest BCUT2D eigenvalue weighted by Crippen LogP contribution is -2.55. The lowest BCUT2D eigenvalue weighted by Gasteiger charge is -2.39. The number of carboxylic acid groups (broad SMARTS) is 1. The number of alkyl halides is 1. The smallest absolute Gasteiger partial charge is 0.346 e. The first kappa shape index (κ1) is 25.9. The Morgan fingerprint density at radius 3 is 2.76 bits per heavy atom. The number of nitrogens with one attached hydrogen (secondary N) is 3. The number of carbonyl (C=O) groups is 3. The molecule has 186 valence electrons. The van der Waals surface area contributed by atoms with Gasteiger partial charge in [0.15, 0.2) is 11.0 Å². The fourth-order valence-electron chi connectivity index (χ4n) is 3.75. The third-order valence-corrected chi connectivity index (χ3v) is 6.90. The second kappa shape index (κ2) is 11.6. The fourth-order valence-corrected chi connectivity index (χ4v) is 5.04. The Kier molecular flexibility index (Phi) is 8.86. The van der Waals surface area contributed by atoms with Gasteiger partial charge in [0.2, 0.25) is 0 Å². The number of piperidine rings is 1. The topological polar surface area (TPSA) is 137 Å². The molecular formula is C21H27ClFN5O5S. The van der Waals surface area contributed by atoms with Crippen molar-refractivity contribution in [2.75, 3.05) is 37.8 Å². The van der Waals surface area contributed by atoms with Crippen LogP contribution in [0.1, 0.15) is 56.6 Å². The van der Waals surface area contributed by atoms with E-state index < -0.39 is 18.6 Å². The molecule has 0 unspecified atom stereocenters. The maximum absolute atomic E-state index is 12.7. The molecule has 0 spiro atoms. The summed E-state index contributed by atoms with van der Waals surface area (Å²) in [4.78, 5) is 45.5. The van der Waals surface area contributed by atoms with Crippen molar-refractivity contribution in [1.82, 2.24) is 20.6 Å². The van der Waals surface area contributed by atoms with Crippen molar-refractivity contribution >= 4 is 45.7 Å². The molecule has 1 aliphatic rings. The Labute approximate surface area is 204 Å². The largest absolute Gasteiger partial charge is 0.477 e. The Balaban J connectivity index is 1.74. The molecule has 0 bridgehead atoms. The van der Waals surface area contributed by atoms with Crippen molar-refractivity contribution in [3.8, 4) is 0 Å². The Morgan fingerprint density at radius 2 is 2.15 bits per heavy atom. The van der Waals surface area contributed by atoms with E-state index in [9.17, 15) is 23.9 Å². The molecule has 10 nitrogen and oxygen atoms in total. The summed E-state index contributed by atoms with van der Waals surface area (Å²) >= 11 is 7.02. The van der Waals surface area contributed by atoms with E-state index in [0.29, 0.717) is 43.2 Å². The number of amides is 2. The van der Waals surface area contributed by atoms with Crippen molar-refractivity contribution in [3.05, 3.63) is 33.2 Å². The van der Waals surface area contributed by atoms with Gasteiger partial charge in [0.25, 0.3) is 11.8 Å². The van der Waals surface area contributed by atoms with E-state index in [2.05, 4.69) is 20.6 Å². The van der Waals surface area contributed by atoms with Crippen LogP contribution in [0, 0.1) is 0 Å². The quantitative estimate of drug-likeness (QED) is 0.381. The number of halogens is 2. The highest BCUT2D eigenvalue weighted by Crippen LogP contribution is 2.33. The summed E-state index contributed by atoms with van der Waals surface area (Å²) < 4.78 is 18.3. The summed E-state index contributed by atoms with van der Waals surface area (Å²) in [6.45, 7) is 4.10. The van der Waals surface area contributed by atoms with Crippen molar-refractivity contribution in [2.45, 2.75) is 38.8 Å². The molecule has 3 rings (SSSR count). The number of aromatic amines is 1. The number of hydrogen-bond acceptors (Lipinski definition) is 7. The van der Waals surface area contributed by atoms with Crippen LogP contribution in [0.15, 0.2) is 6.07 Å². The van der Waals surface area contributed by atoms with Crippen LogP contribution < -0.4 is 15.5 Å². The molecule has 13 heteroatoms. The van der Waals surface area contributed by atoms with Gasteiger partial charge in [-0.15, -0.1) is 11.3 Å². The van der Waals surface area contributed by atoms with Gasteiger partial charge in [-0.3, -0.25) is 9.59 Å². The van der Waals surface area contributed by atoms with Crippen LogP contribution in [0.25, 0.3) is 0 Å².